The number of amides is 1. The highest BCUT2D eigenvalue weighted by molar-refractivity contribution is 5.88. The summed E-state index contributed by atoms with van der Waals surface area (Å²) in [4.78, 5) is 29.7. The summed E-state index contributed by atoms with van der Waals surface area (Å²) in [5.41, 5.74) is 2.86. The van der Waals surface area contributed by atoms with Gasteiger partial charge in [-0.1, -0.05) is 51.1 Å². The van der Waals surface area contributed by atoms with Gasteiger partial charge in [0.2, 0.25) is 5.91 Å². The van der Waals surface area contributed by atoms with Crippen LogP contribution in [0.25, 0.3) is 0 Å². The number of carbonyl (C=O) groups excluding carboxylic acids is 1. The minimum Gasteiger partial charge on any atom is -0.478 e. The van der Waals surface area contributed by atoms with E-state index < -0.39 is 5.97 Å². The predicted octanol–water partition coefficient (Wildman–Crippen LogP) is 5.50. The molecule has 4 fully saturated rings. The quantitative estimate of drug-likeness (QED) is 0.601. The number of piperidine rings is 1. The Morgan fingerprint density at radius 3 is 2.23 bits per heavy atom. The summed E-state index contributed by atoms with van der Waals surface area (Å²) < 4.78 is 0. The van der Waals surface area contributed by atoms with Crippen LogP contribution in [-0.4, -0.2) is 47.1 Å². The summed E-state index contributed by atoms with van der Waals surface area (Å²) in [5, 5.41) is 9.19. The number of carboxylic acids is 1. The molecule has 0 unspecified atom stereocenters. The van der Waals surface area contributed by atoms with Gasteiger partial charge < -0.3 is 14.9 Å². The molecule has 1 heterocycles. The monoisotopic (exact) mass is 474 g/mol. The average Bonchev–Trinajstić information content (AvgIpc) is 2.86. The van der Waals surface area contributed by atoms with Gasteiger partial charge in [-0.3, -0.25) is 4.79 Å². The number of fused-ring (bicyclic) bond motifs is 2. The van der Waals surface area contributed by atoms with E-state index in [2.05, 4.69) is 42.7 Å². The predicted molar refractivity (Wildman–Crippen MR) is 139 cm³/mol. The summed E-state index contributed by atoms with van der Waals surface area (Å²) in [7, 11) is 0. The van der Waals surface area contributed by atoms with Crippen molar-refractivity contribution in [2.24, 2.45) is 23.2 Å². The molecule has 5 nitrogen and oxygen atoms in total. The molecule has 0 aromatic heterocycles. The first kappa shape index (κ1) is 23.9. The van der Waals surface area contributed by atoms with Crippen molar-refractivity contribution in [3.8, 4) is 0 Å². The van der Waals surface area contributed by atoms with Crippen LogP contribution in [-0.2, 0) is 11.2 Å². The number of benzene rings is 2. The van der Waals surface area contributed by atoms with Crippen LogP contribution in [0.2, 0.25) is 0 Å². The molecular formula is C30H38N2O3. The van der Waals surface area contributed by atoms with Crippen LogP contribution < -0.4 is 4.90 Å². The van der Waals surface area contributed by atoms with Crippen LogP contribution in [0.1, 0.15) is 62.4 Å². The number of rotatable bonds is 6. The summed E-state index contributed by atoms with van der Waals surface area (Å²) in [6, 6.07) is 17.9. The van der Waals surface area contributed by atoms with E-state index in [9.17, 15) is 14.7 Å². The minimum absolute atomic E-state index is 0.258. The maximum Gasteiger partial charge on any atom is 0.335 e. The Hall–Kier alpha value is -2.82. The molecule has 2 bridgehead atoms. The van der Waals surface area contributed by atoms with Crippen LogP contribution in [0.4, 0.5) is 5.69 Å². The lowest BCUT2D eigenvalue weighted by atomic mass is 9.44. The van der Waals surface area contributed by atoms with Crippen molar-refractivity contribution in [2.75, 3.05) is 18.0 Å². The van der Waals surface area contributed by atoms with E-state index in [1.807, 2.05) is 30.3 Å². The largest absolute Gasteiger partial charge is 0.478 e. The Bertz CT molecular complexity index is 1060. The van der Waals surface area contributed by atoms with Gasteiger partial charge in [-0.05, 0) is 78.7 Å². The van der Waals surface area contributed by atoms with Crippen LogP contribution in [0.5, 0.6) is 0 Å². The minimum atomic E-state index is -0.898. The smallest absolute Gasteiger partial charge is 0.335 e. The Balaban J connectivity index is 1.32. The van der Waals surface area contributed by atoms with Crippen molar-refractivity contribution >= 4 is 17.6 Å². The molecule has 3 saturated carbocycles. The van der Waals surface area contributed by atoms with Gasteiger partial charge in [0.05, 0.1) is 12.0 Å². The number of carbonyl (C=O) groups is 2. The number of hydrogen-bond donors (Lipinski definition) is 1. The molecule has 1 aliphatic heterocycles. The second-order valence-corrected chi connectivity index (χ2v) is 11.6. The fourth-order valence-electron chi connectivity index (χ4n) is 7.23. The van der Waals surface area contributed by atoms with E-state index in [-0.39, 0.29) is 11.9 Å². The van der Waals surface area contributed by atoms with Crippen molar-refractivity contribution in [3.05, 3.63) is 65.7 Å². The van der Waals surface area contributed by atoms with Gasteiger partial charge in [0.25, 0.3) is 0 Å². The first-order chi connectivity index (χ1) is 16.8. The normalized spacial score (nSPS) is 27.7. The zero-order valence-electron chi connectivity index (χ0n) is 21.2. The highest BCUT2D eigenvalue weighted by Gasteiger charge is 2.58. The number of aromatic carboxylic acids is 1. The fraction of sp³-hybridized carbons (Fsp3) is 0.533. The number of nitrogens with zero attached hydrogens (tertiary/aromatic N) is 2. The molecule has 1 N–H and O–H groups in total. The van der Waals surface area contributed by atoms with E-state index in [1.165, 1.54) is 6.42 Å². The van der Waals surface area contributed by atoms with Crippen LogP contribution in [0, 0.1) is 23.2 Å². The highest BCUT2D eigenvalue weighted by atomic mass is 16.4. The average molecular weight is 475 g/mol. The van der Waals surface area contributed by atoms with Crippen molar-refractivity contribution in [1.82, 2.24) is 4.90 Å². The van der Waals surface area contributed by atoms with Crippen molar-refractivity contribution in [2.45, 2.75) is 65.0 Å². The van der Waals surface area contributed by atoms with Gasteiger partial charge in [0, 0.05) is 30.9 Å². The summed E-state index contributed by atoms with van der Waals surface area (Å²) in [5.74, 6) is 1.32. The van der Waals surface area contributed by atoms with E-state index >= 15 is 0 Å². The second-order valence-electron chi connectivity index (χ2n) is 11.6. The van der Waals surface area contributed by atoms with E-state index in [0.29, 0.717) is 41.2 Å². The van der Waals surface area contributed by atoms with Gasteiger partial charge >= 0.3 is 5.97 Å². The molecule has 35 heavy (non-hydrogen) atoms. The van der Waals surface area contributed by atoms with Gasteiger partial charge in [0.15, 0.2) is 0 Å². The molecule has 2 aromatic rings. The first-order valence-corrected chi connectivity index (χ1v) is 13.2. The zero-order valence-corrected chi connectivity index (χ0v) is 21.2. The third kappa shape index (κ3) is 4.46. The Morgan fingerprint density at radius 1 is 1.00 bits per heavy atom. The highest BCUT2D eigenvalue weighted by Crippen LogP contribution is 2.62. The first-order valence-electron chi connectivity index (χ1n) is 13.2. The third-order valence-corrected chi connectivity index (χ3v) is 9.49. The van der Waals surface area contributed by atoms with Gasteiger partial charge in [-0.15, -0.1) is 0 Å². The number of anilines is 1. The molecular weight excluding hydrogens is 436 g/mol. The molecule has 1 amide bonds. The maximum absolute atomic E-state index is 13.8. The van der Waals surface area contributed by atoms with E-state index in [4.69, 9.17) is 0 Å². The molecule has 0 spiro atoms. The van der Waals surface area contributed by atoms with E-state index in [1.54, 1.807) is 12.1 Å². The van der Waals surface area contributed by atoms with Gasteiger partial charge in [0.1, 0.15) is 0 Å². The summed E-state index contributed by atoms with van der Waals surface area (Å²) in [6.07, 6.45) is 4.81. The summed E-state index contributed by atoms with van der Waals surface area (Å²) >= 11 is 0. The molecule has 4 aliphatic rings. The van der Waals surface area contributed by atoms with Crippen molar-refractivity contribution in [3.63, 3.8) is 0 Å². The molecule has 5 heteroatoms. The number of hydrogen-bond acceptors (Lipinski definition) is 3. The Morgan fingerprint density at radius 2 is 1.66 bits per heavy atom. The van der Waals surface area contributed by atoms with Gasteiger partial charge in [-0.25, -0.2) is 4.79 Å². The van der Waals surface area contributed by atoms with Crippen LogP contribution >= 0.6 is 0 Å². The molecule has 6 rings (SSSR count). The maximum atomic E-state index is 13.8. The second kappa shape index (κ2) is 9.33. The van der Waals surface area contributed by atoms with Crippen LogP contribution in [0.15, 0.2) is 54.6 Å². The Kier molecular flexibility index (Phi) is 6.37. The lowest BCUT2D eigenvalue weighted by Gasteiger charge is -2.64. The number of carboxylic acid groups (broad SMARTS) is 1. The molecule has 1 saturated heterocycles. The van der Waals surface area contributed by atoms with E-state index in [0.717, 1.165) is 43.6 Å². The standard InChI is InChI=1S/C30H38N2O3/c1-20-26-18-23(30(26,2)3)19-27(20)32(28(33)17-21-7-5-4-6-8-21)25-13-15-31(16-14-25)24-11-9-22(10-12-24)29(34)35/h4-12,20,23,25-27H,13-19H2,1-3H3,(H,34,35)/t20-,23+,26-,27-/m0/s1. The Labute approximate surface area is 209 Å². The molecule has 186 valence electrons. The lowest BCUT2D eigenvalue weighted by Crippen LogP contribution is -2.64. The third-order valence-electron chi connectivity index (χ3n) is 9.49. The van der Waals surface area contributed by atoms with Crippen molar-refractivity contribution < 1.29 is 14.7 Å². The molecule has 3 aliphatic carbocycles. The SMILES string of the molecule is C[C@@H]1[C@@H](N(C(=O)Cc2ccccc2)C2CCN(c3ccc(C(=O)O)cc3)CC2)C[C@H]2C[C@@H]1C2(C)C. The lowest BCUT2D eigenvalue weighted by molar-refractivity contribution is -0.163. The fourth-order valence-corrected chi connectivity index (χ4v) is 7.23. The topological polar surface area (TPSA) is 60.9 Å². The van der Waals surface area contributed by atoms with Gasteiger partial charge in [-0.2, -0.15) is 0 Å². The molecule has 4 atom stereocenters. The van der Waals surface area contributed by atoms with Crippen LogP contribution in [0.3, 0.4) is 0 Å². The molecule has 2 aromatic carbocycles. The zero-order chi connectivity index (χ0) is 24.7. The molecule has 0 radical (unpaired) electrons. The summed E-state index contributed by atoms with van der Waals surface area (Å²) in [6.45, 7) is 8.98. The van der Waals surface area contributed by atoms with Crippen molar-refractivity contribution in [1.29, 1.82) is 0 Å².